The highest BCUT2D eigenvalue weighted by atomic mass is 16.3. The lowest BCUT2D eigenvalue weighted by Gasteiger charge is -2.08. The van der Waals surface area contributed by atoms with E-state index in [2.05, 4.69) is 27.6 Å². The molecule has 15 heavy (non-hydrogen) atoms. The van der Waals surface area contributed by atoms with Crippen LogP contribution in [0.1, 0.15) is 0 Å². The van der Waals surface area contributed by atoms with Gasteiger partial charge in [0, 0.05) is 20.0 Å². The number of hydrogen-bond donors (Lipinski definition) is 0. The number of nitrogens with zero attached hydrogens (tertiary/aromatic N) is 4. The van der Waals surface area contributed by atoms with Crippen LogP contribution in [0.5, 0.6) is 0 Å². The van der Waals surface area contributed by atoms with Crippen LogP contribution in [0.15, 0.2) is 25.6 Å². The van der Waals surface area contributed by atoms with Crippen LogP contribution in [-0.2, 0) is 0 Å². The third kappa shape index (κ3) is 1.49. The van der Waals surface area contributed by atoms with Crippen molar-refractivity contribution in [3.05, 3.63) is 17.0 Å². The molecular formula is C10H10N4O. The summed E-state index contributed by atoms with van der Waals surface area (Å²) in [6, 6.07) is 0. The minimum atomic E-state index is 0.454. The van der Waals surface area contributed by atoms with Crippen LogP contribution in [0.3, 0.4) is 0 Å². The summed E-state index contributed by atoms with van der Waals surface area (Å²) in [4.78, 5) is 13.7. The largest absolute Gasteiger partial charge is 0.433 e. The molecule has 0 amide bonds. The molecule has 0 spiro atoms. The predicted molar refractivity (Wildman–Crippen MR) is 59.5 cm³/mol. The first-order chi connectivity index (χ1) is 7.24. The number of anilines is 1. The Morgan fingerprint density at radius 3 is 3.00 bits per heavy atom. The predicted octanol–water partition coefficient (Wildman–Crippen LogP) is 0.232. The quantitative estimate of drug-likeness (QED) is 0.645. The van der Waals surface area contributed by atoms with Gasteiger partial charge in [0.1, 0.15) is 11.0 Å². The zero-order valence-electron chi connectivity index (χ0n) is 8.56. The van der Waals surface area contributed by atoms with Crippen molar-refractivity contribution in [2.75, 3.05) is 19.0 Å². The molecule has 1 aromatic heterocycles. The maximum Gasteiger partial charge on any atom is 0.245 e. The van der Waals surface area contributed by atoms with Gasteiger partial charge in [-0.15, -0.1) is 0 Å². The second-order valence-corrected chi connectivity index (χ2v) is 3.17. The summed E-state index contributed by atoms with van der Waals surface area (Å²) < 4.78 is 5.45. The van der Waals surface area contributed by atoms with Crippen LogP contribution in [0, 0.1) is 0 Å². The van der Waals surface area contributed by atoms with Gasteiger partial charge in [-0.2, -0.15) is 0 Å². The molecule has 1 aliphatic heterocycles. The average molecular weight is 202 g/mol. The van der Waals surface area contributed by atoms with E-state index in [1.807, 2.05) is 19.0 Å². The van der Waals surface area contributed by atoms with Crippen molar-refractivity contribution in [2.45, 2.75) is 0 Å². The molecule has 0 fully saturated rings. The Kier molecular flexibility index (Phi) is 2.23. The number of aliphatic imine (C=N–C) groups is 2. The van der Waals surface area contributed by atoms with E-state index in [-0.39, 0.29) is 0 Å². The summed E-state index contributed by atoms with van der Waals surface area (Å²) in [5.41, 5.74) is 1.37. The fourth-order valence-corrected chi connectivity index (χ4v) is 1.36. The second kappa shape index (κ2) is 3.55. The van der Waals surface area contributed by atoms with E-state index in [9.17, 15) is 0 Å². The lowest BCUT2D eigenvalue weighted by molar-refractivity contribution is 0.540. The van der Waals surface area contributed by atoms with Gasteiger partial charge in [-0.3, -0.25) is 0 Å². The molecule has 2 rings (SSSR count). The molecule has 5 nitrogen and oxygen atoms in total. The van der Waals surface area contributed by atoms with Crippen molar-refractivity contribution >= 4 is 30.4 Å². The van der Waals surface area contributed by atoms with Gasteiger partial charge in [0.25, 0.3) is 0 Å². The van der Waals surface area contributed by atoms with Crippen LogP contribution in [0.25, 0.3) is 6.20 Å². The summed E-state index contributed by atoms with van der Waals surface area (Å²) in [7, 11) is 3.79. The molecule has 0 saturated heterocycles. The van der Waals surface area contributed by atoms with Gasteiger partial charge >= 0.3 is 0 Å². The minimum absolute atomic E-state index is 0.454. The fourth-order valence-electron chi connectivity index (χ4n) is 1.36. The molecule has 0 aromatic carbocycles. The maximum atomic E-state index is 5.45. The number of furan rings is 1. The van der Waals surface area contributed by atoms with Crippen molar-refractivity contribution in [3.63, 3.8) is 0 Å². The first-order valence-electron chi connectivity index (χ1n) is 4.36. The monoisotopic (exact) mass is 202 g/mol. The summed E-state index contributed by atoms with van der Waals surface area (Å²) >= 11 is 0. The van der Waals surface area contributed by atoms with Crippen LogP contribution in [0.2, 0.25) is 0 Å². The Labute approximate surface area is 86.5 Å². The van der Waals surface area contributed by atoms with E-state index >= 15 is 0 Å². The fraction of sp³-hybridized carbons (Fsp3) is 0.200. The molecule has 0 aliphatic carbocycles. The van der Waals surface area contributed by atoms with Crippen molar-refractivity contribution < 1.29 is 4.42 Å². The minimum Gasteiger partial charge on any atom is -0.433 e. The third-order valence-electron chi connectivity index (χ3n) is 1.97. The normalized spacial score (nSPS) is 12.4. The van der Waals surface area contributed by atoms with Gasteiger partial charge in [-0.1, -0.05) is 0 Å². The van der Waals surface area contributed by atoms with Crippen molar-refractivity contribution in [2.24, 2.45) is 15.0 Å². The Morgan fingerprint density at radius 1 is 1.53 bits per heavy atom. The molecule has 0 bridgehead atoms. The summed E-state index contributed by atoms with van der Waals surface area (Å²) in [5, 5.41) is 0.705. The molecular weight excluding hydrogens is 192 g/mol. The summed E-state index contributed by atoms with van der Waals surface area (Å²) in [6.07, 6.45) is 3.06. The highest BCUT2D eigenvalue weighted by molar-refractivity contribution is 5.65. The van der Waals surface area contributed by atoms with Crippen LogP contribution in [-0.4, -0.2) is 26.7 Å². The van der Waals surface area contributed by atoms with Gasteiger partial charge in [0.15, 0.2) is 5.42 Å². The first-order valence-corrected chi connectivity index (χ1v) is 4.36. The summed E-state index contributed by atoms with van der Waals surface area (Å²) in [6.45, 7) is 3.46. The molecule has 0 radical (unpaired) electrons. The van der Waals surface area contributed by atoms with Crippen molar-refractivity contribution in [1.82, 2.24) is 0 Å². The van der Waals surface area contributed by atoms with E-state index in [1.165, 1.54) is 6.20 Å². The number of hydrogen-bond acceptors (Lipinski definition) is 5. The highest BCUT2D eigenvalue weighted by Crippen LogP contribution is 2.21. The van der Waals surface area contributed by atoms with Gasteiger partial charge in [-0.05, 0) is 6.72 Å². The van der Waals surface area contributed by atoms with Crippen LogP contribution >= 0.6 is 0 Å². The first kappa shape index (κ1) is 9.43. The zero-order chi connectivity index (χ0) is 10.8. The Bertz CT molecular complexity index is 573. The highest BCUT2D eigenvalue weighted by Gasteiger charge is 2.13. The molecule has 76 valence electrons. The molecule has 1 aromatic rings. The maximum absolute atomic E-state index is 5.45. The van der Waals surface area contributed by atoms with Gasteiger partial charge in [-0.25, -0.2) is 15.0 Å². The summed E-state index contributed by atoms with van der Waals surface area (Å²) in [5.74, 6) is 3.09. The smallest absolute Gasteiger partial charge is 0.245 e. The molecule has 5 heteroatoms. The van der Waals surface area contributed by atoms with E-state index in [1.54, 1.807) is 6.20 Å². The van der Waals surface area contributed by atoms with Gasteiger partial charge in [0.2, 0.25) is 5.88 Å². The van der Waals surface area contributed by atoms with Gasteiger partial charge < -0.3 is 9.32 Å². The molecule has 0 atom stereocenters. The van der Waals surface area contributed by atoms with E-state index < -0.39 is 0 Å². The lowest BCUT2D eigenvalue weighted by atomic mass is 10.4. The van der Waals surface area contributed by atoms with Gasteiger partial charge in [0.05, 0.1) is 12.4 Å². The van der Waals surface area contributed by atoms with E-state index in [4.69, 9.17) is 4.42 Å². The Balaban J connectivity index is 2.85. The Hall–Kier alpha value is -2.13. The Morgan fingerprint density at radius 2 is 2.33 bits per heavy atom. The second-order valence-electron chi connectivity index (χ2n) is 3.17. The molecule has 0 unspecified atom stereocenters. The topological polar surface area (TPSA) is 53.5 Å². The van der Waals surface area contributed by atoms with Crippen LogP contribution < -0.4 is 15.7 Å². The molecule has 0 saturated carbocycles. The number of fused-ring (bicyclic) bond motifs is 1. The molecule has 0 N–H and O–H groups in total. The van der Waals surface area contributed by atoms with E-state index in [0.717, 1.165) is 5.69 Å². The van der Waals surface area contributed by atoms with Crippen molar-refractivity contribution in [1.29, 1.82) is 0 Å². The SMILES string of the molecule is C=Nc1oc2c(c1N(C)C)=NC=C=NC=2. The number of rotatable bonds is 2. The van der Waals surface area contributed by atoms with Crippen LogP contribution in [0.4, 0.5) is 11.6 Å². The zero-order valence-corrected chi connectivity index (χ0v) is 8.56. The third-order valence-corrected chi connectivity index (χ3v) is 1.97. The average Bonchev–Trinajstić information content (AvgIpc) is 2.42. The standard InChI is InChI=1S/C10H10N4O/c1-11-10-9(14(2)3)8-7(15-10)6-12-4-5-13-8/h5-6H,1H2,2-3H3. The van der Waals surface area contributed by atoms with Crippen molar-refractivity contribution in [3.8, 4) is 0 Å². The molecule has 1 aliphatic rings. The lowest BCUT2D eigenvalue weighted by Crippen LogP contribution is -2.25. The molecule has 2 heterocycles. The van der Waals surface area contributed by atoms with E-state index in [0.29, 0.717) is 16.7 Å².